The number of hydrogen-bond donors (Lipinski definition) is 1. The van der Waals surface area contributed by atoms with Gasteiger partial charge in [-0.1, -0.05) is 18.2 Å². The molecule has 25 heavy (non-hydrogen) atoms. The Kier molecular flexibility index (Phi) is 4.34. The Labute approximate surface area is 147 Å². The first-order valence-electron chi connectivity index (χ1n) is 9.08. The Hall–Kier alpha value is -2.50. The molecular formula is C19H24N4O2. The van der Waals surface area contributed by atoms with Crippen molar-refractivity contribution in [2.75, 3.05) is 26.2 Å². The first-order valence-corrected chi connectivity index (χ1v) is 9.08. The van der Waals surface area contributed by atoms with E-state index < -0.39 is 0 Å². The zero-order chi connectivity index (χ0) is 17.2. The van der Waals surface area contributed by atoms with E-state index in [0.29, 0.717) is 26.1 Å². The first-order chi connectivity index (χ1) is 12.2. The molecule has 1 aromatic carbocycles. The van der Waals surface area contributed by atoms with E-state index in [1.807, 2.05) is 28.1 Å². The molecule has 4 rings (SSSR count). The molecule has 2 aliphatic rings. The van der Waals surface area contributed by atoms with Gasteiger partial charge in [0, 0.05) is 50.9 Å². The van der Waals surface area contributed by atoms with E-state index in [4.69, 9.17) is 0 Å². The van der Waals surface area contributed by atoms with Gasteiger partial charge in [0.05, 0.1) is 6.04 Å². The van der Waals surface area contributed by atoms with Crippen molar-refractivity contribution in [1.82, 2.24) is 19.7 Å². The van der Waals surface area contributed by atoms with Gasteiger partial charge in [0.2, 0.25) is 5.91 Å². The number of hydrogen-bond acceptors (Lipinski definition) is 2. The van der Waals surface area contributed by atoms with Crippen LogP contribution in [0.15, 0.2) is 36.5 Å². The van der Waals surface area contributed by atoms with Gasteiger partial charge in [-0.15, -0.1) is 0 Å². The number of para-hydroxylation sites is 1. The Morgan fingerprint density at radius 1 is 1.20 bits per heavy atom. The molecule has 0 radical (unpaired) electrons. The molecule has 0 aliphatic carbocycles. The summed E-state index contributed by atoms with van der Waals surface area (Å²) in [5, 5.41) is 4.05. The fourth-order valence-electron chi connectivity index (χ4n) is 3.98. The Bertz CT molecular complexity index is 785. The molecule has 1 atom stereocenters. The highest BCUT2D eigenvalue weighted by Gasteiger charge is 2.32. The van der Waals surface area contributed by atoms with Crippen molar-refractivity contribution in [3.63, 3.8) is 0 Å². The van der Waals surface area contributed by atoms with Crippen molar-refractivity contribution in [3.05, 3.63) is 36.5 Å². The lowest BCUT2D eigenvalue weighted by molar-refractivity contribution is -0.133. The van der Waals surface area contributed by atoms with Gasteiger partial charge < -0.3 is 19.7 Å². The van der Waals surface area contributed by atoms with E-state index in [-0.39, 0.29) is 18.0 Å². The number of benzene rings is 1. The van der Waals surface area contributed by atoms with Gasteiger partial charge in [-0.2, -0.15) is 0 Å². The van der Waals surface area contributed by atoms with E-state index in [1.54, 1.807) is 0 Å². The van der Waals surface area contributed by atoms with Crippen LogP contribution in [0.1, 0.15) is 19.3 Å². The van der Waals surface area contributed by atoms with Crippen LogP contribution in [0.5, 0.6) is 0 Å². The van der Waals surface area contributed by atoms with Crippen LogP contribution in [0.4, 0.5) is 4.79 Å². The molecule has 0 saturated carbocycles. The second-order valence-electron chi connectivity index (χ2n) is 6.88. The summed E-state index contributed by atoms with van der Waals surface area (Å²) >= 11 is 0. The van der Waals surface area contributed by atoms with Crippen LogP contribution in [-0.4, -0.2) is 58.5 Å². The summed E-state index contributed by atoms with van der Waals surface area (Å²) in [6.45, 7) is 3.62. The number of fused-ring (bicyclic) bond motifs is 1. The summed E-state index contributed by atoms with van der Waals surface area (Å²) in [6.07, 6.45) is 4.50. The Balaban J connectivity index is 1.36. The van der Waals surface area contributed by atoms with E-state index in [9.17, 15) is 9.59 Å². The molecule has 132 valence electrons. The lowest BCUT2D eigenvalue weighted by atomic mass is 10.0. The number of aromatic nitrogens is 1. The highest BCUT2D eigenvalue weighted by molar-refractivity contribution is 5.81. The number of rotatable bonds is 4. The molecule has 2 aromatic rings. The summed E-state index contributed by atoms with van der Waals surface area (Å²) in [5.41, 5.74) is 1.17. The molecule has 1 unspecified atom stereocenters. The first kappa shape index (κ1) is 16.0. The molecule has 1 N–H and O–H groups in total. The third-order valence-corrected chi connectivity index (χ3v) is 5.33. The maximum Gasteiger partial charge on any atom is 0.317 e. The SMILES string of the molecule is O=C(CCn1ccc2ccccc21)N1CCCC(N2CCNC2=O)C1. The third-order valence-electron chi connectivity index (χ3n) is 5.33. The van der Waals surface area contributed by atoms with E-state index in [0.717, 1.165) is 25.9 Å². The van der Waals surface area contributed by atoms with Crippen molar-refractivity contribution < 1.29 is 9.59 Å². The summed E-state index contributed by atoms with van der Waals surface area (Å²) < 4.78 is 2.14. The van der Waals surface area contributed by atoms with Crippen LogP contribution in [0.25, 0.3) is 10.9 Å². The van der Waals surface area contributed by atoms with Crippen LogP contribution in [0, 0.1) is 0 Å². The van der Waals surface area contributed by atoms with Crippen molar-refractivity contribution in [2.45, 2.75) is 31.8 Å². The molecule has 2 aliphatic heterocycles. The van der Waals surface area contributed by atoms with E-state index >= 15 is 0 Å². The molecular weight excluding hydrogens is 316 g/mol. The monoisotopic (exact) mass is 340 g/mol. The second kappa shape index (κ2) is 6.78. The second-order valence-corrected chi connectivity index (χ2v) is 6.88. The maximum atomic E-state index is 12.7. The number of amides is 3. The molecule has 2 saturated heterocycles. The lowest BCUT2D eigenvalue weighted by Crippen LogP contribution is -2.50. The van der Waals surface area contributed by atoms with Gasteiger partial charge in [0.1, 0.15) is 0 Å². The highest BCUT2D eigenvalue weighted by Crippen LogP contribution is 2.19. The average Bonchev–Trinajstić information content (AvgIpc) is 3.26. The van der Waals surface area contributed by atoms with Crippen LogP contribution >= 0.6 is 0 Å². The third kappa shape index (κ3) is 3.21. The molecule has 6 nitrogen and oxygen atoms in total. The van der Waals surface area contributed by atoms with Gasteiger partial charge in [-0.05, 0) is 30.4 Å². The number of aryl methyl sites for hydroxylation is 1. The lowest BCUT2D eigenvalue weighted by Gasteiger charge is -2.37. The summed E-state index contributed by atoms with van der Waals surface area (Å²) in [4.78, 5) is 28.4. The average molecular weight is 340 g/mol. The smallest absolute Gasteiger partial charge is 0.317 e. The number of urea groups is 1. The molecule has 3 heterocycles. The van der Waals surface area contributed by atoms with Gasteiger partial charge in [-0.3, -0.25) is 4.79 Å². The molecule has 0 spiro atoms. The predicted molar refractivity (Wildman–Crippen MR) is 96.3 cm³/mol. The van der Waals surface area contributed by atoms with E-state index in [1.165, 1.54) is 10.9 Å². The maximum absolute atomic E-state index is 12.7. The minimum absolute atomic E-state index is 0.0121. The summed E-state index contributed by atoms with van der Waals surface area (Å²) in [5.74, 6) is 0.182. The van der Waals surface area contributed by atoms with Gasteiger partial charge in [0.15, 0.2) is 0 Å². The number of piperidine rings is 1. The zero-order valence-corrected chi connectivity index (χ0v) is 14.4. The van der Waals surface area contributed by atoms with Gasteiger partial charge in [-0.25, -0.2) is 4.79 Å². The highest BCUT2D eigenvalue weighted by atomic mass is 16.2. The summed E-state index contributed by atoms with van der Waals surface area (Å²) in [7, 11) is 0. The van der Waals surface area contributed by atoms with Crippen LogP contribution < -0.4 is 5.32 Å². The molecule has 2 fully saturated rings. The number of likely N-dealkylation sites (tertiary alicyclic amines) is 1. The molecule has 1 aromatic heterocycles. The molecule has 6 heteroatoms. The largest absolute Gasteiger partial charge is 0.347 e. The Morgan fingerprint density at radius 3 is 2.92 bits per heavy atom. The van der Waals surface area contributed by atoms with Gasteiger partial charge in [0.25, 0.3) is 0 Å². The predicted octanol–water partition coefficient (Wildman–Crippen LogP) is 2.05. The number of nitrogens with zero attached hydrogens (tertiary/aromatic N) is 3. The van der Waals surface area contributed by atoms with Crippen LogP contribution in [-0.2, 0) is 11.3 Å². The fourth-order valence-corrected chi connectivity index (χ4v) is 3.98. The minimum atomic E-state index is 0.0121. The van der Waals surface area contributed by atoms with Crippen LogP contribution in [0.3, 0.4) is 0 Å². The Morgan fingerprint density at radius 2 is 2.08 bits per heavy atom. The minimum Gasteiger partial charge on any atom is -0.347 e. The normalized spacial score (nSPS) is 21.0. The fraction of sp³-hybridized carbons (Fsp3) is 0.474. The van der Waals surface area contributed by atoms with Crippen molar-refractivity contribution >= 4 is 22.8 Å². The van der Waals surface area contributed by atoms with Crippen LogP contribution in [0.2, 0.25) is 0 Å². The standard InChI is InChI=1S/C19H24N4O2/c24-18(8-12-21-11-7-15-4-1-2-6-17(15)21)22-10-3-5-16(14-22)23-13-9-20-19(23)25/h1-2,4,6-7,11,16H,3,5,8-10,12-14H2,(H,20,25). The molecule has 3 amide bonds. The van der Waals surface area contributed by atoms with Crippen molar-refractivity contribution in [1.29, 1.82) is 0 Å². The summed E-state index contributed by atoms with van der Waals surface area (Å²) in [6, 6.07) is 10.5. The number of carbonyl (C=O) groups excluding carboxylic acids is 2. The van der Waals surface area contributed by atoms with Crippen molar-refractivity contribution in [2.24, 2.45) is 0 Å². The number of carbonyl (C=O) groups is 2. The van der Waals surface area contributed by atoms with E-state index in [2.05, 4.69) is 28.1 Å². The zero-order valence-electron chi connectivity index (χ0n) is 14.4. The number of nitrogens with one attached hydrogen (secondary N) is 1. The topological polar surface area (TPSA) is 57.6 Å². The molecule has 0 bridgehead atoms. The van der Waals surface area contributed by atoms with Gasteiger partial charge >= 0.3 is 6.03 Å². The van der Waals surface area contributed by atoms with Crippen molar-refractivity contribution in [3.8, 4) is 0 Å². The quantitative estimate of drug-likeness (QED) is 0.926.